The highest BCUT2D eigenvalue weighted by Crippen LogP contribution is 2.30. The maximum atomic E-state index is 12.2. The minimum absolute atomic E-state index is 0.0951. The van der Waals surface area contributed by atoms with E-state index in [1.54, 1.807) is 43.3 Å². The number of nitrogens with one attached hydrogen (secondary N) is 2. The van der Waals surface area contributed by atoms with Crippen LogP contribution in [0.1, 0.15) is 5.56 Å². The monoisotopic (exact) mass is 360 g/mol. The van der Waals surface area contributed by atoms with Gasteiger partial charge < -0.3 is 20.1 Å². The van der Waals surface area contributed by atoms with Gasteiger partial charge in [0, 0.05) is 10.7 Å². The Morgan fingerprint density at radius 3 is 2.72 bits per heavy atom. The molecule has 2 aromatic carbocycles. The third kappa shape index (κ3) is 4.03. The Labute approximate surface area is 150 Å². The van der Waals surface area contributed by atoms with Crippen molar-refractivity contribution >= 4 is 29.1 Å². The van der Waals surface area contributed by atoms with Crippen LogP contribution in [0, 0.1) is 6.92 Å². The molecule has 0 aromatic heterocycles. The van der Waals surface area contributed by atoms with Gasteiger partial charge in [0.05, 0.1) is 6.54 Å². The van der Waals surface area contributed by atoms with E-state index >= 15 is 0 Å². The molecule has 1 aliphatic rings. The van der Waals surface area contributed by atoms with E-state index in [0.717, 1.165) is 5.56 Å². The summed E-state index contributed by atoms with van der Waals surface area (Å²) in [6.07, 6.45) is -0.796. The number of anilines is 1. The number of amides is 2. The number of ether oxygens (including phenoxy) is 2. The van der Waals surface area contributed by atoms with Crippen LogP contribution in [0.3, 0.4) is 0 Å². The van der Waals surface area contributed by atoms with E-state index in [1.807, 2.05) is 6.07 Å². The fourth-order valence-electron chi connectivity index (χ4n) is 2.37. The minimum Gasteiger partial charge on any atom is -0.485 e. The molecule has 0 fully saturated rings. The number of halogens is 1. The molecule has 2 aromatic rings. The highest BCUT2D eigenvalue weighted by molar-refractivity contribution is 6.31. The molecule has 6 nitrogen and oxygen atoms in total. The van der Waals surface area contributed by atoms with Crippen molar-refractivity contribution in [3.8, 4) is 11.5 Å². The summed E-state index contributed by atoms with van der Waals surface area (Å²) in [5.41, 5.74) is 1.38. The van der Waals surface area contributed by atoms with Gasteiger partial charge in [0.15, 0.2) is 11.5 Å². The van der Waals surface area contributed by atoms with Gasteiger partial charge in [0.25, 0.3) is 5.91 Å². The van der Waals surface area contributed by atoms with Crippen molar-refractivity contribution in [1.29, 1.82) is 0 Å². The van der Waals surface area contributed by atoms with Gasteiger partial charge in [-0.3, -0.25) is 9.59 Å². The van der Waals surface area contributed by atoms with Crippen molar-refractivity contribution in [2.75, 3.05) is 18.5 Å². The van der Waals surface area contributed by atoms with E-state index in [0.29, 0.717) is 22.2 Å². The first-order chi connectivity index (χ1) is 12.0. The largest absolute Gasteiger partial charge is 0.485 e. The quantitative estimate of drug-likeness (QED) is 0.878. The van der Waals surface area contributed by atoms with Crippen molar-refractivity contribution in [3.63, 3.8) is 0 Å². The molecule has 0 spiro atoms. The van der Waals surface area contributed by atoms with Gasteiger partial charge in [-0.05, 0) is 36.8 Å². The van der Waals surface area contributed by atoms with Crippen LogP contribution in [-0.2, 0) is 9.59 Å². The van der Waals surface area contributed by atoms with Gasteiger partial charge >= 0.3 is 0 Å². The van der Waals surface area contributed by atoms with E-state index in [9.17, 15) is 9.59 Å². The number of hydrogen-bond donors (Lipinski definition) is 2. The molecule has 0 aliphatic carbocycles. The molecule has 0 saturated heterocycles. The van der Waals surface area contributed by atoms with Gasteiger partial charge in [-0.25, -0.2) is 0 Å². The molecular weight excluding hydrogens is 344 g/mol. The molecule has 0 saturated carbocycles. The van der Waals surface area contributed by atoms with E-state index in [1.165, 1.54) is 0 Å². The lowest BCUT2D eigenvalue weighted by Crippen LogP contribution is -2.46. The fourth-order valence-corrected chi connectivity index (χ4v) is 2.54. The molecular formula is C18H17ClN2O4. The van der Waals surface area contributed by atoms with Crippen LogP contribution in [0.5, 0.6) is 11.5 Å². The van der Waals surface area contributed by atoms with Crippen LogP contribution in [0.15, 0.2) is 42.5 Å². The molecule has 1 unspecified atom stereocenters. The zero-order chi connectivity index (χ0) is 17.8. The molecule has 0 radical (unpaired) electrons. The molecule has 25 heavy (non-hydrogen) atoms. The van der Waals surface area contributed by atoms with Crippen molar-refractivity contribution < 1.29 is 19.1 Å². The number of rotatable bonds is 4. The third-order valence-corrected chi connectivity index (χ3v) is 4.18. The second-order valence-electron chi connectivity index (χ2n) is 5.54. The molecule has 2 N–H and O–H groups in total. The predicted octanol–water partition coefficient (Wildman–Crippen LogP) is 2.54. The van der Waals surface area contributed by atoms with Crippen LogP contribution in [-0.4, -0.2) is 31.1 Å². The molecule has 7 heteroatoms. The molecule has 3 rings (SSSR count). The summed E-state index contributed by atoms with van der Waals surface area (Å²) in [6.45, 7) is 1.73. The maximum absolute atomic E-state index is 12.2. The number of fused-ring (bicyclic) bond motifs is 1. The fraction of sp³-hybridized carbons (Fsp3) is 0.222. The van der Waals surface area contributed by atoms with E-state index in [2.05, 4.69) is 10.6 Å². The van der Waals surface area contributed by atoms with Crippen LogP contribution in [0.25, 0.3) is 0 Å². The number of hydrogen-bond acceptors (Lipinski definition) is 4. The van der Waals surface area contributed by atoms with Crippen LogP contribution >= 0.6 is 11.6 Å². The second-order valence-corrected chi connectivity index (χ2v) is 5.95. The highest BCUT2D eigenvalue weighted by atomic mass is 35.5. The Balaban J connectivity index is 1.52. The predicted molar refractivity (Wildman–Crippen MR) is 94.2 cm³/mol. The first-order valence-corrected chi connectivity index (χ1v) is 8.13. The second kappa shape index (κ2) is 7.44. The van der Waals surface area contributed by atoms with E-state index in [-0.39, 0.29) is 19.1 Å². The Hall–Kier alpha value is -2.73. The molecule has 1 aliphatic heterocycles. The molecule has 130 valence electrons. The lowest BCUT2D eigenvalue weighted by atomic mass is 10.2. The van der Waals surface area contributed by atoms with Crippen molar-refractivity contribution in [2.24, 2.45) is 0 Å². The first-order valence-electron chi connectivity index (χ1n) is 7.76. The number of carbonyl (C=O) groups is 2. The Morgan fingerprint density at radius 1 is 1.16 bits per heavy atom. The molecule has 0 bridgehead atoms. The van der Waals surface area contributed by atoms with E-state index < -0.39 is 12.0 Å². The van der Waals surface area contributed by atoms with Crippen molar-refractivity contribution in [2.45, 2.75) is 13.0 Å². The number of para-hydroxylation sites is 2. The highest BCUT2D eigenvalue weighted by Gasteiger charge is 2.27. The van der Waals surface area contributed by atoms with E-state index in [4.69, 9.17) is 21.1 Å². The standard InChI is InChI=1S/C18H17ClN2O4/c1-11-12(19)5-4-6-13(11)21-17(22)9-20-18(23)16-10-24-14-7-2-3-8-15(14)25-16/h2-8,16H,9-10H2,1H3,(H,20,23)(H,21,22). The zero-order valence-electron chi connectivity index (χ0n) is 13.5. The average molecular weight is 361 g/mol. The van der Waals surface area contributed by atoms with Crippen LogP contribution in [0.2, 0.25) is 5.02 Å². The van der Waals surface area contributed by atoms with Gasteiger partial charge in [0.1, 0.15) is 6.61 Å². The Morgan fingerprint density at radius 2 is 1.92 bits per heavy atom. The third-order valence-electron chi connectivity index (χ3n) is 3.77. The summed E-state index contributed by atoms with van der Waals surface area (Å²) in [7, 11) is 0. The lowest BCUT2D eigenvalue weighted by molar-refractivity contribution is -0.131. The van der Waals surface area contributed by atoms with Crippen LogP contribution in [0.4, 0.5) is 5.69 Å². The normalized spacial score (nSPS) is 15.4. The van der Waals surface area contributed by atoms with Crippen molar-refractivity contribution in [3.05, 3.63) is 53.1 Å². The number of benzene rings is 2. The number of carbonyl (C=O) groups excluding carboxylic acids is 2. The van der Waals surface area contributed by atoms with Gasteiger partial charge in [-0.15, -0.1) is 0 Å². The summed E-state index contributed by atoms with van der Waals surface area (Å²) < 4.78 is 11.1. The Kier molecular flexibility index (Phi) is 5.09. The maximum Gasteiger partial charge on any atom is 0.265 e. The summed E-state index contributed by atoms with van der Waals surface area (Å²) in [5.74, 6) is 0.344. The summed E-state index contributed by atoms with van der Waals surface area (Å²) in [6, 6.07) is 12.3. The topological polar surface area (TPSA) is 76.7 Å². The lowest BCUT2D eigenvalue weighted by Gasteiger charge is -2.25. The molecule has 1 atom stereocenters. The first kappa shape index (κ1) is 17.1. The summed E-state index contributed by atoms with van der Waals surface area (Å²) in [5, 5.41) is 5.83. The molecule has 1 heterocycles. The zero-order valence-corrected chi connectivity index (χ0v) is 14.3. The summed E-state index contributed by atoms with van der Waals surface area (Å²) in [4.78, 5) is 24.2. The smallest absolute Gasteiger partial charge is 0.265 e. The minimum atomic E-state index is -0.796. The summed E-state index contributed by atoms with van der Waals surface area (Å²) >= 11 is 6.02. The van der Waals surface area contributed by atoms with Crippen molar-refractivity contribution in [1.82, 2.24) is 5.32 Å². The average Bonchev–Trinajstić information content (AvgIpc) is 2.63. The van der Waals surface area contributed by atoms with Crippen LogP contribution < -0.4 is 20.1 Å². The van der Waals surface area contributed by atoms with Gasteiger partial charge in [-0.2, -0.15) is 0 Å². The van der Waals surface area contributed by atoms with Gasteiger partial charge in [-0.1, -0.05) is 29.8 Å². The Bertz CT molecular complexity index is 809. The van der Waals surface area contributed by atoms with Gasteiger partial charge in [0.2, 0.25) is 12.0 Å². The SMILES string of the molecule is Cc1c(Cl)cccc1NC(=O)CNC(=O)C1COc2ccccc2O1. The molecule has 2 amide bonds.